The Balaban J connectivity index is 2.25. The first-order valence-corrected chi connectivity index (χ1v) is 6.84. The van der Waals surface area contributed by atoms with Crippen molar-refractivity contribution in [1.82, 2.24) is 10.1 Å². The minimum absolute atomic E-state index is 0.00429. The molecule has 1 aromatic heterocycles. The van der Waals surface area contributed by atoms with Crippen LogP contribution in [0.2, 0.25) is 0 Å². The number of nitro groups is 1. The van der Waals surface area contributed by atoms with Gasteiger partial charge in [0, 0.05) is 30.2 Å². The molecule has 1 atom stereocenters. The van der Waals surface area contributed by atoms with E-state index in [1.807, 2.05) is 6.92 Å². The van der Waals surface area contributed by atoms with E-state index >= 15 is 0 Å². The van der Waals surface area contributed by atoms with Crippen molar-refractivity contribution in [3.63, 3.8) is 0 Å². The second kappa shape index (κ2) is 6.45. The number of benzene rings is 1. The van der Waals surface area contributed by atoms with E-state index in [1.165, 1.54) is 12.1 Å². The van der Waals surface area contributed by atoms with Crippen LogP contribution in [-0.4, -0.2) is 21.1 Å². The predicted octanol–water partition coefficient (Wildman–Crippen LogP) is 2.62. The lowest BCUT2D eigenvalue weighted by molar-refractivity contribution is -0.384. The lowest BCUT2D eigenvalue weighted by Gasteiger charge is -2.05. The molecule has 0 fully saturated rings. The zero-order chi connectivity index (χ0) is 15.4. The molecule has 0 amide bonds. The van der Waals surface area contributed by atoms with Gasteiger partial charge in [0.25, 0.3) is 5.69 Å². The van der Waals surface area contributed by atoms with Crippen LogP contribution < -0.4 is 5.73 Å². The molecule has 7 heteroatoms. The van der Waals surface area contributed by atoms with Crippen LogP contribution in [0.1, 0.15) is 31.2 Å². The van der Waals surface area contributed by atoms with E-state index in [4.69, 9.17) is 10.3 Å². The van der Waals surface area contributed by atoms with Crippen LogP contribution in [0.15, 0.2) is 22.7 Å². The second-order valence-electron chi connectivity index (χ2n) is 5.02. The van der Waals surface area contributed by atoms with Crippen molar-refractivity contribution in [2.75, 3.05) is 0 Å². The van der Waals surface area contributed by atoms with Gasteiger partial charge in [-0.1, -0.05) is 24.6 Å². The summed E-state index contributed by atoms with van der Waals surface area (Å²) in [5.41, 5.74) is 7.40. The van der Waals surface area contributed by atoms with E-state index in [0.29, 0.717) is 23.7 Å². The molecular formula is C14H18N4O3. The molecule has 0 bridgehead atoms. The Hall–Kier alpha value is -2.28. The van der Waals surface area contributed by atoms with Gasteiger partial charge in [0.2, 0.25) is 11.7 Å². The largest absolute Gasteiger partial charge is 0.339 e. The average molecular weight is 290 g/mol. The van der Waals surface area contributed by atoms with Crippen molar-refractivity contribution in [2.24, 2.45) is 5.73 Å². The van der Waals surface area contributed by atoms with Crippen LogP contribution >= 0.6 is 0 Å². The van der Waals surface area contributed by atoms with E-state index in [-0.39, 0.29) is 11.7 Å². The lowest BCUT2D eigenvalue weighted by atomic mass is 10.1. The van der Waals surface area contributed by atoms with E-state index in [1.54, 1.807) is 6.07 Å². The maximum Gasteiger partial charge on any atom is 0.270 e. The first-order chi connectivity index (χ1) is 10.0. The molecule has 0 aliphatic carbocycles. The zero-order valence-electron chi connectivity index (χ0n) is 12.1. The van der Waals surface area contributed by atoms with E-state index in [9.17, 15) is 10.1 Å². The van der Waals surface area contributed by atoms with Gasteiger partial charge in [-0.2, -0.15) is 4.98 Å². The maximum absolute atomic E-state index is 10.8. The molecule has 2 aromatic rings. The molecule has 1 unspecified atom stereocenters. The zero-order valence-corrected chi connectivity index (χ0v) is 12.1. The molecule has 0 saturated carbocycles. The normalized spacial score (nSPS) is 12.3. The summed E-state index contributed by atoms with van der Waals surface area (Å²) in [7, 11) is 0. The van der Waals surface area contributed by atoms with Gasteiger partial charge < -0.3 is 10.3 Å². The van der Waals surface area contributed by atoms with Crippen LogP contribution in [0.3, 0.4) is 0 Å². The Morgan fingerprint density at radius 1 is 1.48 bits per heavy atom. The smallest absolute Gasteiger partial charge is 0.270 e. The first-order valence-electron chi connectivity index (χ1n) is 6.84. The molecule has 0 spiro atoms. The van der Waals surface area contributed by atoms with Crippen molar-refractivity contribution < 1.29 is 9.45 Å². The average Bonchev–Trinajstić information content (AvgIpc) is 2.87. The number of nitrogens with zero attached hydrogens (tertiary/aromatic N) is 3. The van der Waals surface area contributed by atoms with E-state index in [0.717, 1.165) is 18.4 Å². The standard InChI is InChI=1S/C14H18N4O3/c1-3-4-10(15)7-13-16-14(17-21-13)12-8-11(18(19)20)6-5-9(12)2/h5-6,8,10H,3-4,7,15H2,1-2H3. The van der Waals surface area contributed by atoms with Crippen LogP contribution in [0.4, 0.5) is 5.69 Å². The minimum atomic E-state index is -0.443. The fourth-order valence-corrected chi connectivity index (χ4v) is 2.11. The van der Waals surface area contributed by atoms with Crippen molar-refractivity contribution in [2.45, 2.75) is 39.2 Å². The van der Waals surface area contributed by atoms with E-state index < -0.39 is 4.92 Å². The van der Waals surface area contributed by atoms with Crippen LogP contribution in [0.25, 0.3) is 11.4 Å². The molecule has 1 heterocycles. The molecule has 1 aromatic carbocycles. The fourth-order valence-electron chi connectivity index (χ4n) is 2.11. The molecule has 2 N–H and O–H groups in total. The second-order valence-corrected chi connectivity index (χ2v) is 5.02. The molecular weight excluding hydrogens is 272 g/mol. The Morgan fingerprint density at radius 2 is 2.24 bits per heavy atom. The number of aryl methyl sites for hydroxylation is 1. The summed E-state index contributed by atoms with van der Waals surface area (Å²) in [6.45, 7) is 3.91. The monoisotopic (exact) mass is 290 g/mol. The SMILES string of the molecule is CCCC(N)Cc1nc(-c2cc([N+](=O)[O-])ccc2C)no1. The molecule has 0 aliphatic rings. The van der Waals surface area contributed by atoms with Crippen molar-refractivity contribution in [1.29, 1.82) is 0 Å². The van der Waals surface area contributed by atoms with Crippen LogP contribution in [0.5, 0.6) is 0 Å². The highest BCUT2D eigenvalue weighted by Gasteiger charge is 2.16. The highest BCUT2D eigenvalue weighted by atomic mass is 16.6. The number of nitrogens with two attached hydrogens (primary N) is 1. The van der Waals surface area contributed by atoms with Crippen molar-refractivity contribution >= 4 is 5.69 Å². The maximum atomic E-state index is 10.8. The van der Waals surface area contributed by atoms with Gasteiger partial charge in [-0.15, -0.1) is 0 Å². The molecule has 2 rings (SSSR count). The van der Waals surface area contributed by atoms with Gasteiger partial charge in [-0.3, -0.25) is 10.1 Å². The molecule has 0 radical (unpaired) electrons. The quantitative estimate of drug-likeness (QED) is 0.647. The van der Waals surface area contributed by atoms with Gasteiger partial charge in [-0.05, 0) is 18.9 Å². The molecule has 112 valence electrons. The molecule has 21 heavy (non-hydrogen) atoms. The Bertz CT molecular complexity index is 639. The minimum Gasteiger partial charge on any atom is -0.339 e. The van der Waals surface area contributed by atoms with Gasteiger partial charge in [0.05, 0.1) is 4.92 Å². The first kappa shape index (κ1) is 15.1. The van der Waals surface area contributed by atoms with Gasteiger partial charge >= 0.3 is 0 Å². The summed E-state index contributed by atoms with van der Waals surface area (Å²) >= 11 is 0. The number of hydrogen-bond acceptors (Lipinski definition) is 6. The molecule has 0 saturated heterocycles. The molecule has 0 aliphatic heterocycles. The summed E-state index contributed by atoms with van der Waals surface area (Å²) < 4.78 is 5.18. The number of non-ortho nitro benzene ring substituents is 1. The number of rotatable bonds is 6. The number of aromatic nitrogens is 2. The summed E-state index contributed by atoms with van der Waals surface area (Å²) in [6.07, 6.45) is 2.38. The summed E-state index contributed by atoms with van der Waals surface area (Å²) in [6, 6.07) is 4.56. The summed E-state index contributed by atoms with van der Waals surface area (Å²) in [5.74, 6) is 0.812. The topological polar surface area (TPSA) is 108 Å². The van der Waals surface area contributed by atoms with Gasteiger partial charge in [-0.25, -0.2) is 0 Å². The highest BCUT2D eigenvalue weighted by molar-refractivity contribution is 5.63. The van der Waals surface area contributed by atoms with Crippen LogP contribution in [0, 0.1) is 17.0 Å². The Labute approximate surface area is 122 Å². The lowest BCUT2D eigenvalue weighted by Crippen LogP contribution is -2.22. The van der Waals surface area contributed by atoms with Crippen molar-refractivity contribution in [3.05, 3.63) is 39.8 Å². The van der Waals surface area contributed by atoms with Crippen LogP contribution in [-0.2, 0) is 6.42 Å². The van der Waals surface area contributed by atoms with Crippen molar-refractivity contribution in [3.8, 4) is 11.4 Å². The summed E-state index contributed by atoms with van der Waals surface area (Å²) in [4.78, 5) is 14.7. The van der Waals surface area contributed by atoms with E-state index in [2.05, 4.69) is 17.1 Å². The number of nitro benzene ring substituents is 1. The third kappa shape index (κ3) is 3.63. The predicted molar refractivity (Wildman–Crippen MR) is 77.7 cm³/mol. The number of hydrogen-bond donors (Lipinski definition) is 1. The third-order valence-corrected chi connectivity index (χ3v) is 3.24. The summed E-state index contributed by atoms with van der Waals surface area (Å²) in [5, 5.41) is 14.7. The Kier molecular flexibility index (Phi) is 4.64. The fraction of sp³-hybridized carbons (Fsp3) is 0.429. The van der Waals surface area contributed by atoms with Gasteiger partial charge in [0.15, 0.2) is 0 Å². The third-order valence-electron chi connectivity index (χ3n) is 3.24. The Morgan fingerprint density at radius 3 is 2.90 bits per heavy atom. The highest BCUT2D eigenvalue weighted by Crippen LogP contribution is 2.25. The molecule has 7 nitrogen and oxygen atoms in total. The van der Waals surface area contributed by atoms with Gasteiger partial charge in [0.1, 0.15) is 0 Å².